The molecule has 9 heteroatoms. The van der Waals surface area contributed by atoms with Crippen LogP contribution in [-0.4, -0.2) is 14.7 Å². The highest BCUT2D eigenvalue weighted by Gasteiger charge is 2.12. The second-order valence-electron chi connectivity index (χ2n) is 5.52. The predicted molar refractivity (Wildman–Crippen MR) is 100.0 cm³/mol. The van der Waals surface area contributed by atoms with E-state index in [1.807, 2.05) is 6.07 Å². The van der Waals surface area contributed by atoms with Crippen LogP contribution in [0.5, 0.6) is 0 Å². The average Bonchev–Trinajstić information content (AvgIpc) is 2.69. The second kappa shape index (κ2) is 7.68. The highest BCUT2D eigenvalue weighted by molar-refractivity contribution is 6.32. The first-order chi connectivity index (χ1) is 13.0. The monoisotopic (exact) mass is 381 g/mol. The molecular formula is C18H12ClN5O3. The molecule has 2 aromatic carbocycles. The first-order valence-corrected chi connectivity index (χ1v) is 8.13. The second-order valence-corrected chi connectivity index (χ2v) is 5.90. The van der Waals surface area contributed by atoms with Crippen molar-refractivity contribution in [1.82, 2.24) is 9.78 Å². The summed E-state index contributed by atoms with van der Waals surface area (Å²) in [6.07, 6.45) is 1.41. The van der Waals surface area contributed by atoms with Crippen molar-refractivity contribution in [3.63, 3.8) is 0 Å². The molecule has 0 aliphatic carbocycles. The fraction of sp³-hybridized carbons (Fsp3) is 0.0556. The number of benzene rings is 2. The van der Waals surface area contributed by atoms with Crippen LogP contribution in [-0.2, 0) is 6.54 Å². The minimum atomic E-state index is -0.546. The van der Waals surface area contributed by atoms with Gasteiger partial charge in [0.15, 0.2) is 0 Å². The third-order valence-electron chi connectivity index (χ3n) is 3.79. The van der Waals surface area contributed by atoms with Crippen LogP contribution in [0.4, 0.5) is 11.4 Å². The number of nitrogens with one attached hydrogen (secondary N) is 1. The number of nitrogens with zero attached hydrogens (tertiary/aromatic N) is 4. The molecule has 3 aromatic rings. The molecule has 0 bridgehead atoms. The van der Waals surface area contributed by atoms with Gasteiger partial charge in [0.05, 0.1) is 34.1 Å². The zero-order chi connectivity index (χ0) is 19.4. The SMILES string of the molecule is N#Cc1ccc(CNc2cnn(-c3ccc([N+](=O)[O-])cc3)c(=O)c2Cl)cc1. The number of nitro benzene ring substituents is 1. The molecular weight excluding hydrogens is 370 g/mol. The first kappa shape index (κ1) is 18.1. The molecule has 1 heterocycles. The van der Waals surface area contributed by atoms with Crippen molar-refractivity contribution in [2.75, 3.05) is 5.32 Å². The zero-order valence-corrected chi connectivity index (χ0v) is 14.6. The Morgan fingerprint density at radius 1 is 1.19 bits per heavy atom. The quantitative estimate of drug-likeness (QED) is 0.535. The number of hydrogen-bond acceptors (Lipinski definition) is 6. The lowest BCUT2D eigenvalue weighted by Crippen LogP contribution is -2.22. The van der Waals surface area contributed by atoms with Gasteiger partial charge in [0.25, 0.3) is 11.2 Å². The number of rotatable bonds is 5. The summed E-state index contributed by atoms with van der Waals surface area (Å²) >= 11 is 6.16. The summed E-state index contributed by atoms with van der Waals surface area (Å²) in [7, 11) is 0. The van der Waals surface area contributed by atoms with Crippen LogP contribution in [0.2, 0.25) is 5.02 Å². The number of anilines is 1. The van der Waals surface area contributed by atoms with Crippen molar-refractivity contribution in [1.29, 1.82) is 5.26 Å². The van der Waals surface area contributed by atoms with Crippen LogP contribution in [0.1, 0.15) is 11.1 Å². The van der Waals surface area contributed by atoms with Crippen molar-refractivity contribution in [3.05, 3.63) is 91.3 Å². The van der Waals surface area contributed by atoms with E-state index < -0.39 is 10.5 Å². The molecule has 134 valence electrons. The van der Waals surface area contributed by atoms with Gasteiger partial charge >= 0.3 is 0 Å². The maximum absolute atomic E-state index is 12.5. The maximum Gasteiger partial charge on any atom is 0.292 e. The Morgan fingerprint density at radius 3 is 2.44 bits per heavy atom. The standard InChI is InChI=1S/C18H12ClN5O3/c19-17-16(21-10-13-3-1-12(9-20)2-4-13)11-22-23(18(17)25)14-5-7-15(8-6-14)24(26)27/h1-8,11,21H,10H2. The van der Waals surface area contributed by atoms with Gasteiger partial charge in [-0.05, 0) is 29.8 Å². The predicted octanol–water partition coefficient (Wildman–Crippen LogP) is 3.28. The summed E-state index contributed by atoms with van der Waals surface area (Å²) in [6, 6.07) is 14.5. The fourth-order valence-corrected chi connectivity index (χ4v) is 2.55. The Hall–Kier alpha value is -3.70. The highest BCUT2D eigenvalue weighted by atomic mass is 35.5. The number of nitro groups is 1. The van der Waals surface area contributed by atoms with Gasteiger partial charge in [-0.25, -0.2) is 0 Å². The Morgan fingerprint density at radius 2 is 1.85 bits per heavy atom. The molecule has 0 aliphatic rings. The van der Waals surface area contributed by atoms with Gasteiger partial charge in [-0.15, -0.1) is 0 Å². The van der Waals surface area contributed by atoms with Gasteiger partial charge in [0, 0.05) is 18.7 Å². The Bertz CT molecular complexity index is 1090. The van der Waals surface area contributed by atoms with Crippen LogP contribution < -0.4 is 10.9 Å². The summed E-state index contributed by atoms with van der Waals surface area (Å²) in [6.45, 7) is 0.397. The number of halogens is 1. The number of non-ortho nitro benzene ring substituents is 1. The molecule has 0 unspecified atom stereocenters. The normalized spacial score (nSPS) is 10.2. The molecule has 3 rings (SSSR count). The minimum absolute atomic E-state index is 0.0444. The van der Waals surface area contributed by atoms with E-state index in [-0.39, 0.29) is 10.7 Å². The van der Waals surface area contributed by atoms with Crippen molar-refractivity contribution in [2.45, 2.75) is 6.54 Å². The van der Waals surface area contributed by atoms with Crippen LogP contribution in [0.3, 0.4) is 0 Å². The summed E-state index contributed by atoms with van der Waals surface area (Å²) in [5.41, 5.74) is 1.57. The summed E-state index contributed by atoms with van der Waals surface area (Å²) in [5, 5.41) is 26.6. The van der Waals surface area contributed by atoms with E-state index in [4.69, 9.17) is 16.9 Å². The van der Waals surface area contributed by atoms with Gasteiger partial charge in [0.1, 0.15) is 5.02 Å². The van der Waals surface area contributed by atoms with Gasteiger partial charge in [-0.1, -0.05) is 23.7 Å². The molecule has 0 saturated heterocycles. The molecule has 0 aliphatic heterocycles. The lowest BCUT2D eigenvalue weighted by atomic mass is 10.1. The lowest BCUT2D eigenvalue weighted by Gasteiger charge is -2.10. The summed E-state index contributed by atoms with van der Waals surface area (Å²) in [5.74, 6) is 0. The molecule has 0 spiro atoms. The smallest absolute Gasteiger partial charge is 0.292 e. The number of aromatic nitrogens is 2. The van der Waals surface area contributed by atoms with Crippen LogP contribution in [0.25, 0.3) is 5.69 Å². The van der Waals surface area contributed by atoms with Crippen molar-refractivity contribution in [2.24, 2.45) is 0 Å². The van der Waals surface area contributed by atoms with E-state index >= 15 is 0 Å². The van der Waals surface area contributed by atoms with Crippen molar-refractivity contribution in [3.8, 4) is 11.8 Å². The zero-order valence-electron chi connectivity index (χ0n) is 13.8. The van der Waals surface area contributed by atoms with E-state index in [9.17, 15) is 14.9 Å². The Labute approximate surface area is 158 Å². The van der Waals surface area contributed by atoms with E-state index in [0.29, 0.717) is 23.5 Å². The summed E-state index contributed by atoms with van der Waals surface area (Å²) in [4.78, 5) is 22.7. The Kier molecular flexibility index (Phi) is 5.15. The highest BCUT2D eigenvalue weighted by Crippen LogP contribution is 2.19. The van der Waals surface area contributed by atoms with E-state index in [1.165, 1.54) is 30.5 Å². The maximum atomic E-state index is 12.5. The van der Waals surface area contributed by atoms with Gasteiger partial charge in [-0.3, -0.25) is 14.9 Å². The first-order valence-electron chi connectivity index (χ1n) is 7.75. The molecule has 0 saturated carbocycles. The van der Waals surface area contributed by atoms with Gasteiger partial charge in [0.2, 0.25) is 0 Å². The molecule has 0 fully saturated rings. The van der Waals surface area contributed by atoms with Crippen LogP contribution >= 0.6 is 11.6 Å². The molecule has 1 N–H and O–H groups in total. The molecule has 8 nitrogen and oxygen atoms in total. The van der Waals surface area contributed by atoms with Crippen molar-refractivity contribution >= 4 is 23.0 Å². The van der Waals surface area contributed by atoms with Gasteiger partial charge in [-0.2, -0.15) is 15.0 Å². The van der Waals surface area contributed by atoms with E-state index in [1.54, 1.807) is 24.3 Å². The lowest BCUT2D eigenvalue weighted by molar-refractivity contribution is -0.384. The molecule has 0 amide bonds. The van der Waals surface area contributed by atoms with Gasteiger partial charge < -0.3 is 5.32 Å². The fourth-order valence-electron chi connectivity index (χ4n) is 2.35. The Balaban J connectivity index is 1.81. The van der Waals surface area contributed by atoms with Crippen LogP contribution in [0, 0.1) is 21.4 Å². The average molecular weight is 382 g/mol. The molecule has 0 atom stereocenters. The van der Waals surface area contributed by atoms with E-state index in [0.717, 1.165) is 10.2 Å². The summed E-state index contributed by atoms with van der Waals surface area (Å²) < 4.78 is 1.07. The third kappa shape index (κ3) is 3.94. The number of hydrogen-bond donors (Lipinski definition) is 1. The topological polar surface area (TPSA) is 114 Å². The third-order valence-corrected chi connectivity index (χ3v) is 4.16. The minimum Gasteiger partial charge on any atom is -0.378 e. The number of nitriles is 1. The van der Waals surface area contributed by atoms with Crippen molar-refractivity contribution < 1.29 is 4.92 Å². The molecule has 0 radical (unpaired) electrons. The van der Waals surface area contributed by atoms with Crippen LogP contribution in [0.15, 0.2) is 59.5 Å². The van der Waals surface area contributed by atoms with E-state index in [2.05, 4.69) is 10.4 Å². The largest absolute Gasteiger partial charge is 0.378 e. The molecule has 27 heavy (non-hydrogen) atoms. The molecule has 1 aromatic heterocycles.